The molecule has 0 radical (unpaired) electrons. The van der Waals surface area contributed by atoms with Crippen LogP contribution < -0.4 is 5.90 Å². The van der Waals surface area contributed by atoms with Gasteiger partial charge in [-0.25, -0.2) is 5.90 Å². The highest BCUT2D eigenvalue weighted by Crippen LogP contribution is 2.22. The zero-order valence-electron chi connectivity index (χ0n) is 6.49. The van der Waals surface area contributed by atoms with Crippen molar-refractivity contribution in [3.8, 4) is 0 Å². The van der Waals surface area contributed by atoms with Crippen molar-refractivity contribution in [2.45, 2.75) is 12.5 Å². The van der Waals surface area contributed by atoms with E-state index in [1.165, 1.54) is 0 Å². The minimum atomic E-state index is -0.470. The lowest BCUT2D eigenvalue weighted by Crippen LogP contribution is -2.23. The molecule has 1 aliphatic rings. The summed E-state index contributed by atoms with van der Waals surface area (Å²) in [6, 6.07) is 7.48. The van der Waals surface area contributed by atoms with Crippen LogP contribution in [-0.4, -0.2) is 11.9 Å². The zero-order chi connectivity index (χ0) is 8.55. The molecule has 0 saturated carbocycles. The Hall–Kier alpha value is -1.19. The van der Waals surface area contributed by atoms with E-state index in [4.69, 9.17) is 5.90 Å². The molecular formula is C9H9NO2. The van der Waals surface area contributed by atoms with Crippen LogP contribution in [0.3, 0.4) is 0 Å². The topological polar surface area (TPSA) is 52.3 Å². The Morgan fingerprint density at radius 2 is 2.17 bits per heavy atom. The van der Waals surface area contributed by atoms with Gasteiger partial charge < -0.3 is 0 Å². The van der Waals surface area contributed by atoms with Crippen LogP contribution in [-0.2, 0) is 11.3 Å². The van der Waals surface area contributed by atoms with Crippen LogP contribution in [0.1, 0.15) is 15.9 Å². The second kappa shape index (κ2) is 2.69. The Labute approximate surface area is 70.1 Å². The molecule has 1 aromatic rings. The molecule has 1 aromatic carbocycles. The van der Waals surface area contributed by atoms with Crippen LogP contribution >= 0.6 is 0 Å². The Kier molecular flexibility index (Phi) is 1.67. The van der Waals surface area contributed by atoms with Crippen LogP contribution in [0.25, 0.3) is 0 Å². The summed E-state index contributed by atoms with van der Waals surface area (Å²) in [5, 5.41) is 0. The smallest absolute Gasteiger partial charge is 0.194 e. The standard InChI is InChI=1S/C9H9NO2/c10-12-8-5-6-3-1-2-4-7(6)9(8)11/h1-4,8H,5,10H2. The summed E-state index contributed by atoms with van der Waals surface area (Å²) in [4.78, 5) is 16.0. The van der Waals surface area contributed by atoms with E-state index in [1.54, 1.807) is 6.07 Å². The fourth-order valence-electron chi connectivity index (χ4n) is 1.51. The van der Waals surface area contributed by atoms with E-state index in [-0.39, 0.29) is 5.78 Å². The Balaban J connectivity index is 2.42. The molecule has 0 amide bonds. The van der Waals surface area contributed by atoms with Gasteiger partial charge in [-0.3, -0.25) is 9.63 Å². The van der Waals surface area contributed by atoms with Crippen molar-refractivity contribution in [1.29, 1.82) is 0 Å². The third-order valence-corrected chi connectivity index (χ3v) is 2.14. The molecule has 2 N–H and O–H groups in total. The van der Waals surface area contributed by atoms with Crippen molar-refractivity contribution in [2.75, 3.05) is 0 Å². The zero-order valence-corrected chi connectivity index (χ0v) is 6.49. The van der Waals surface area contributed by atoms with E-state index < -0.39 is 6.10 Å². The molecule has 1 unspecified atom stereocenters. The first-order valence-corrected chi connectivity index (χ1v) is 3.80. The summed E-state index contributed by atoms with van der Waals surface area (Å²) in [7, 11) is 0. The summed E-state index contributed by atoms with van der Waals surface area (Å²) in [5.41, 5.74) is 1.77. The number of carbonyl (C=O) groups is 1. The Bertz CT molecular complexity index is 322. The van der Waals surface area contributed by atoms with E-state index >= 15 is 0 Å². The van der Waals surface area contributed by atoms with Gasteiger partial charge in [0.1, 0.15) is 6.10 Å². The van der Waals surface area contributed by atoms with E-state index in [1.807, 2.05) is 18.2 Å². The van der Waals surface area contributed by atoms with Crippen molar-refractivity contribution in [3.63, 3.8) is 0 Å². The minimum Gasteiger partial charge on any atom is -0.293 e. The summed E-state index contributed by atoms with van der Waals surface area (Å²) < 4.78 is 0. The molecule has 3 heteroatoms. The number of Topliss-reactive ketones (excluding diaryl/α,β-unsaturated/α-hetero) is 1. The lowest BCUT2D eigenvalue weighted by Gasteiger charge is -2.01. The summed E-state index contributed by atoms with van der Waals surface area (Å²) in [6.45, 7) is 0. The van der Waals surface area contributed by atoms with Crippen molar-refractivity contribution in [3.05, 3.63) is 35.4 Å². The first-order valence-electron chi connectivity index (χ1n) is 3.80. The lowest BCUT2D eigenvalue weighted by molar-refractivity contribution is 0.0455. The van der Waals surface area contributed by atoms with Gasteiger partial charge >= 0.3 is 0 Å². The van der Waals surface area contributed by atoms with Gasteiger partial charge in [0.15, 0.2) is 5.78 Å². The highest BCUT2D eigenvalue weighted by Gasteiger charge is 2.30. The Morgan fingerprint density at radius 3 is 2.83 bits per heavy atom. The average Bonchev–Trinajstić information content (AvgIpc) is 2.44. The molecule has 0 fully saturated rings. The largest absolute Gasteiger partial charge is 0.293 e. The van der Waals surface area contributed by atoms with Gasteiger partial charge in [0.2, 0.25) is 0 Å². The quantitative estimate of drug-likeness (QED) is 0.619. The summed E-state index contributed by atoms with van der Waals surface area (Å²) in [6.07, 6.45) is 0.133. The highest BCUT2D eigenvalue weighted by atomic mass is 16.6. The van der Waals surface area contributed by atoms with Crippen LogP contribution in [0.15, 0.2) is 24.3 Å². The van der Waals surface area contributed by atoms with Crippen molar-refractivity contribution < 1.29 is 9.63 Å². The van der Waals surface area contributed by atoms with Crippen LogP contribution in [0, 0.1) is 0 Å². The number of hydrogen-bond donors (Lipinski definition) is 1. The number of benzene rings is 1. The van der Waals surface area contributed by atoms with Gasteiger partial charge in [0.05, 0.1) is 0 Å². The van der Waals surface area contributed by atoms with Gasteiger partial charge in [0, 0.05) is 12.0 Å². The molecule has 3 nitrogen and oxygen atoms in total. The van der Waals surface area contributed by atoms with Gasteiger partial charge in [-0.05, 0) is 5.56 Å². The maximum atomic E-state index is 11.4. The maximum absolute atomic E-state index is 11.4. The molecule has 0 aromatic heterocycles. The molecule has 1 atom stereocenters. The highest BCUT2D eigenvalue weighted by molar-refractivity contribution is 6.03. The van der Waals surface area contributed by atoms with E-state index in [2.05, 4.69) is 4.84 Å². The van der Waals surface area contributed by atoms with Gasteiger partial charge in [-0.2, -0.15) is 0 Å². The molecule has 0 saturated heterocycles. The third-order valence-electron chi connectivity index (χ3n) is 2.14. The van der Waals surface area contributed by atoms with Crippen LogP contribution in [0.4, 0.5) is 0 Å². The molecule has 12 heavy (non-hydrogen) atoms. The van der Waals surface area contributed by atoms with E-state index in [9.17, 15) is 4.79 Å². The van der Waals surface area contributed by atoms with Crippen LogP contribution in [0.2, 0.25) is 0 Å². The molecule has 0 spiro atoms. The number of carbonyl (C=O) groups excluding carboxylic acids is 1. The molecule has 62 valence electrons. The first kappa shape index (κ1) is 7.46. The fourth-order valence-corrected chi connectivity index (χ4v) is 1.51. The Morgan fingerprint density at radius 1 is 1.42 bits per heavy atom. The maximum Gasteiger partial charge on any atom is 0.194 e. The van der Waals surface area contributed by atoms with Crippen molar-refractivity contribution >= 4 is 5.78 Å². The number of nitrogens with two attached hydrogens (primary N) is 1. The summed E-state index contributed by atoms with van der Waals surface area (Å²) in [5.74, 6) is 4.98. The molecule has 0 heterocycles. The molecule has 2 rings (SSSR count). The first-order chi connectivity index (χ1) is 5.83. The molecule has 0 bridgehead atoms. The van der Waals surface area contributed by atoms with Gasteiger partial charge in [-0.15, -0.1) is 0 Å². The van der Waals surface area contributed by atoms with E-state index in [0.717, 1.165) is 11.1 Å². The van der Waals surface area contributed by atoms with Gasteiger partial charge in [0.25, 0.3) is 0 Å². The number of rotatable bonds is 1. The number of ketones is 1. The third kappa shape index (κ3) is 0.948. The summed E-state index contributed by atoms with van der Waals surface area (Å²) >= 11 is 0. The minimum absolute atomic E-state index is 0.00639. The molecular weight excluding hydrogens is 154 g/mol. The van der Waals surface area contributed by atoms with Crippen molar-refractivity contribution in [1.82, 2.24) is 0 Å². The van der Waals surface area contributed by atoms with Crippen molar-refractivity contribution in [2.24, 2.45) is 5.90 Å². The van der Waals surface area contributed by atoms with Gasteiger partial charge in [-0.1, -0.05) is 24.3 Å². The second-order valence-electron chi connectivity index (χ2n) is 2.85. The average molecular weight is 163 g/mol. The predicted octanol–water partition coefficient (Wildman–Crippen LogP) is 0.684. The normalized spacial score (nSPS) is 21.1. The predicted molar refractivity (Wildman–Crippen MR) is 43.5 cm³/mol. The monoisotopic (exact) mass is 163 g/mol. The SMILES string of the molecule is NOC1Cc2ccccc2C1=O. The van der Waals surface area contributed by atoms with Crippen LogP contribution in [0.5, 0.6) is 0 Å². The molecule has 0 aliphatic heterocycles. The fraction of sp³-hybridized carbons (Fsp3) is 0.222. The second-order valence-corrected chi connectivity index (χ2v) is 2.85. The molecule has 1 aliphatic carbocycles. The number of hydrogen-bond acceptors (Lipinski definition) is 3. The van der Waals surface area contributed by atoms with E-state index in [0.29, 0.717) is 6.42 Å². The lowest BCUT2D eigenvalue weighted by atomic mass is 10.1. The number of fused-ring (bicyclic) bond motifs is 1.